The van der Waals surface area contributed by atoms with Crippen LogP contribution in [0.2, 0.25) is 0 Å². The number of benzene rings is 2. The lowest BCUT2D eigenvalue weighted by molar-refractivity contribution is -0.137. The Bertz CT molecular complexity index is 1620. The molecule has 2 aromatic carbocycles. The maximum absolute atomic E-state index is 13.0. The van der Waals surface area contributed by atoms with E-state index in [9.17, 15) is 21.6 Å². The van der Waals surface area contributed by atoms with E-state index >= 15 is 0 Å². The third kappa shape index (κ3) is 4.55. The van der Waals surface area contributed by atoms with Gasteiger partial charge in [0.25, 0.3) is 10.0 Å². The summed E-state index contributed by atoms with van der Waals surface area (Å²) in [5, 5.41) is 12.9. The summed E-state index contributed by atoms with van der Waals surface area (Å²) in [4.78, 5) is 3.51. The Labute approximate surface area is 197 Å². The van der Waals surface area contributed by atoms with Gasteiger partial charge < -0.3 is 0 Å². The molecule has 0 aliphatic carbocycles. The predicted molar refractivity (Wildman–Crippen MR) is 122 cm³/mol. The first kappa shape index (κ1) is 22.5. The summed E-state index contributed by atoms with van der Waals surface area (Å²) < 4.78 is 68.0. The average Bonchev–Trinajstić information content (AvgIpc) is 3.28. The fraction of sp³-hybridized carbons (Fsp3) is 0.0435. The second kappa shape index (κ2) is 8.47. The van der Waals surface area contributed by atoms with E-state index in [1.165, 1.54) is 12.1 Å². The van der Waals surface area contributed by atoms with Crippen molar-refractivity contribution in [3.05, 3.63) is 90.8 Å². The number of anilines is 1. The third-order valence-electron chi connectivity index (χ3n) is 5.11. The zero-order valence-corrected chi connectivity index (χ0v) is 18.5. The zero-order valence-electron chi connectivity index (χ0n) is 17.7. The number of sulfonamides is 1. The highest BCUT2D eigenvalue weighted by Gasteiger charge is 2.31. The van der Waals surface area contributed by atoms with E-state index < -0.39 is 26.7 Å². The Morgan fingerprint density at radius 3 is 2.29 bits per heavy atom. The van der Waals surface area contributed by atoms with Crippen molar-refractivity contribution in [1.29, 1.82) is 0 Å². The van der Waals surface area contributed by atoms with Crippen LogP contribution in [0.1, 0.15) is 5.56 Å². The molecule has 1 N–H and O–H groups in total. The number of alkyl halides is 3. The molecule has 0 aliphatic rings. The molecular formula is C23H15F3N6O2S. The highest BCUT2D eigenvalue weighted by atomic mass is 32.2. The van der Waals surface area contributed by atoms with Gasteiger partial charge in [-0.1, -0.05) is 18.2 Å². The number of nitrogens with zero attached hydrogens (tertiary/aromatic N) is 5. The first-order chi connectivity index (χ1) is 16.7. The number of nitrogens with one attached hydrogen (secondary N) is 1. The molecule has 0 saturated heterocycles. The number of aromatic nitrogens is 5. The van der Waals surface area contributed by atoms with Crippen LogP contribution in [0.4, 0.5) is 18.9 Å². The van der Waals surface area contributed by atoms with Gasteiger partial charge >= 0.3 is 6.18 Å². The minimum atomic E-state index is -4.65. The van der Waals surface area contributed by atoms with E-state index in [0.29, 0.717) is 28.8 Å². The second-order valence-corrected chi connectivity index (χ2v) is 9.14. The minimum absolute atomic E-state index is 0.189. The maximum Gasteiger partial charge on any atom is 0.416 e. The molecule has 176 valence electrons. The topological polar surface area (TPSA) is 102 Å². The van der Waals surface area contributed by atoms with Crippen LogP contribution in [0, 0.1) is 0 Å². The van der Waals surface area contributed by atoms with E-state index in [1.54, 1.807) is 53.3 Å². The van der Waals surface area contributed by atoms with Crippen molar-refractivity contribution in [2.24, 2.45) is 0 Å². The number of halogens is 3. The normalized spacial score (nSPS) is 12.1. The van der Waals surface area contributed by atoms with Gasteiger partial charge in [0.15, 0.2) is 11.5 Å². The van der Waals surface area contributed by atoms with E-state index in [0.717, 1.165) is 23.8 Å². The van der Waals surface area contributed by atoms with Gasteiger partial charge in [-0.25, -0.2) is 8.42 Å². The van der Waals surface area contributed by atoms with Crippen LogP contribution in [0.25, 0.3) is 28.3 Å². The fourth-order valence-corrected chi connectivity index (χ4v) is 4.49. The Morgan fingerprint density at radius 1 is 0.829 bits per heavy atom. The highest BCUT2D eigenvalue weighted by molar-refractivity contribution is 7.92. The Kier molecular flexibility index (Phi) is 5.44. The molecule has 8 nitrogen and oxygen atoms in total. The van der Waals surface area contributed by atoms with E-state index in [2.05, 4.69) is 25.0 Å². The van der Waals surface area contributed by atoms with Gasteiger partial charge in [0.05, 0.1) is 16.2 Å². The third-order valence-corrected chi connectivity index (χ3v) is 6.48. The molecule has 5 aromatic rings. The standard InChI is InChI=1S/C23H15F3N6O2S/c24-23(25,26)17-2-1-3-19(14-17)35(33,34)31-18-6-4-15(5-7-18)20-8-9-21-28-29-22(32(21)30-20)16-10-12-27-13-11-16/h1-14,31H. The summed E-state index contributed by atoms with van der Waals surface area (Å²) in [6, 6.07) is 16.9. The molecule has 0 aliphatic heterocycles. The van der Waals surface area contributed by atoms with E-state index in [-0.39, 0.29) is 5.69 Å². The number of fused-ring (bicyclic) bond motifs is 1. The summed E-state index contributed by atoms with van der Waals surface area (Å²) in [5.41, 5.74) is 1.75. The number of rotatable bonds is 5. The molecule has 0 bridgehead atoms. The first-order valence-corrected chi connectivity index (χ1v) is 11.6. The minimum Gasteiger partial charge on any atom is -0.280 e. The summed E-state index contributed by atoms with van der Waals surface area (Å²) in [6.45, 7) is 0. The molecular weight excluding hydrogens is 481 g/mol. The molecule has 3 aromatic heterocycles. The largest absolute Gasteiger partial charge is 0.416 e. The highest BCUT2D eigenvalue weighted by Crippen LogP contribution is 2.31. The van der Waals surface area contributed by atoms with Gasteiger partial charge in [0.1, 0.15) is 0 Å². The average molecular weight is 496 g/mol. The molecule has 3 heterocycles. The Morgan fingerprint density at radius 2 is 1.57 bits per heavy atom. The van der Waals surface area contributed by atoms with E-state index in [4.69, 9.17) is 0 Å². The lowest BCUT2D eigenvalue weighted by atomic mass is 10.1. The van der Waals surface area contributed by atoms with Crippen molar-refractivity contribution in [3.8, 4) is 22.6 Å². The second-order valence-electron chi connectivity index (χ2n) is 7.46. The van der Waals surface area contributed by atoms with Crippen molar-refractivity contribution in [1.82, 2.24) is 24.8 Å². The SMILES string of the molecule is O=S(=O)(Nc1ccc(-c2ccc3nnc(-c4ccncc4)n3n2)cc1)c1cccc(C(F)(F)F)c1. The summed E-state index contributed by atoms with van der Waals surface area (Å²) >= 11 is 0. The zero-order chi connectivity index (χ0) is 24.6. The lowest BCUT2D eigenvalue weighted by Crippen LogP contribution is -2.14. The van der Waals surface area contributed by atoms with Gasteiger partial charge in [-0.2, -0.15) is 22.8 Å². The summed E-state index contributed by atoms with van der Waals surface area (Å²) in [5.74, 6) is 0.537. The van der Waals surface area contributed by atoms with Crippen LogP contribution in [0.15, 0.2) is 90.1 Å². The molecule has 0 unspecified atom stereocenters. The lowest BCUT2D eigenvalue weighted by Gasteiger charge is -2.11. The smallest absolute Gasteiger partial charge is 0.280 e. The molecule has 0 saturated carbocycles. The molecule has 0 amide bonds. The van der Waals surface area contributed by atoms with Crippen molar-refractivity contribution >= 4 is 21.4 Å². The Balaban J connectivity index is 1.41. The molecule has 0 atom stereocenters. The van der Waals surface area contributed by atoms with Crippen LogP contribution in [-0.4, -0.2) is 33.2 Å². The summed E-state index contributed by atoms with van der Waals surface area (Å²) in [7, 11) is -4.22. The summed E-state index contributed by atoms with van der Waals surface area (Å²) in [6.07, 6.45) is -1.37. The van der Waals surface area contributed by atoms with Crippen LogP contribution in [-0.2, 0) is 16.2 Å². The molecule has 12 heteroatoms. The molecule has 5 rings (SSSR count). The van der Waals surface area contributed by atoms with Crippen LogP contribution >= 0.6 is 0 Å². The van der Waals surface area contributed by atoms with Crippen molar-refractivity contribution < 1.29 is 21.6 Å². The van der Waals surface area contributed by atoms with Gasteiger partial charge in [0.2, 0.25) is 0 Å². The molecule has 0 radical (unpaired) electrons. The number of pyridine rings is 1. The van der Waals surface area contributed by atoms with Crippen molar-refractivity contribution in [2.45, 2.75) is 11.1 Å². The molecule has 0 fully saturated rings. The van der Waals surface area contributed by atoms with Crippen LogP contribution in [0.3, 0.4) is 0 Å². The molecule has 35 heavy (non-hydrogen) atoms. The van der Waals surface area contributed by atoms with Gasteiger partial charge in [0, 0.05) is 29.2 Å². The van der Waals surface area contributed by atoms with Crippen molar-refractivity contribution in [2.75, 3.05) is 4.72 Å². The fourth-order valence-electron chi connectivity index (χ4n) is 3.39. The van der Waals surface area contributed by atoms with Crippen LogP contribution < -0.4 is 4.72 Å². The van der Waals surface area contributed by atoms with Gasteiger partial charge in [-0.3, -0.25) is 9.71 Å². The van der Waals surface area contributed by atoms with Gasteiger partial charge in [-0.15, -0.1) is 10.2 Å². The number of hydrogen-bond acceptors (Lipinski definition) is 6. The number of hydrogen-bond donors (Lipinski definition) is 1. The van der Waals surface area contributed by atoms with Gasteiger partial charge in [-0.05, 0) is 54.6 Å². The predicted octanol–water partition coefficient (Wildman–Crippen LogP) is 4.67. The van der Waals surface area contributed by atoms with Crippen LogP contribution in [0.5, 0.6) is 0 Å². The molecule has 0 spiro atoms. The maximum atomic E-state index is 13.0. The quantitative estimate of drug-likeness (QED) is 0.379. The van der Waals surface area contributed by atoms with E-state index in [1.807, 2.05) is 0 Å². The monoisotopic (exact) mass is 496 g/mol. The van der Waals surface area contributed by atoms with Crippen molar-refractivity contribution in [3.63, 3.8) is 0 Å². The Hall–Kier alpha value is -4.32. The first-order valence-electron chi connectivity index (χ1n) is 10.1.